The molecule has 186 valence electrons. The predicted octanol–water partition coefficient (Wildman–Crippen LogP) is 4.65. The molecular weight excluding hydrogens is 491 g/mol. The van der Waals surface area contributed by atoms with Gasteiger partial charge in [0.15, 0.2) is 22.9 Å². The third-order valence-electron chi connectivity index (χ3n) is 6.10. The van der Waals surface area contributed by atoms with Crippen LogP contribution < -0.4 is 10.2 Å². The molecule has 2 aromatic heterocycles. The van der Waals surface area contributed by atoms with Crippen molar-refractivity contribution in [2.45, 2.75) is 30.1 Å². The first-order valence-electron chi connectivity index (χ1n) is 11.2. The molecule has 0 radical (unpaired) electrons. The van der Waals surface area contributed by atoms with Crippen LogP contribution in [0, 0.1) is 11.6 Å². The molecule has 2 N–H and O–H groups in total. The number of hydrogen-bond acceptors (Lipinski definition) is 6. The van der Waals surface area contributed by atoms with Gasteiger partial charge in [0.05, 0.1) is 18.8 Å². The topological polar surface area (TPSA) is 82.8 Å². The number of phenolic OH excluding ortho intramolecular Hbond substituents is 1. The first kappa shape index (κ1) is 24.0. The summed E-state index contributed by atoms with van der Waals surface area (Å²) in [5.74, 6) is -1.69. The van der Waals surface area contributed by atoms with Crippen LogP contribution in [-0.2, 0) is 6.54 Å². The summed E-state index contributed by atoms with van der Waals surface area (Å²) in [7, 11) is 0. The van der Waals surface area contributed by atoms with Gasteiger partial charge in [-0.15, -0.1) is 16.9 Å². The van der Waals surface area contributed by atoms with E-state index in [1.807, 2.05) is 12.3 Å². The highest BCUT2D eigenvalue weighted by Crippen LogP contribution is 2.38. The van der Waals surface area contributed by atoms with Gasteiger partial charge in [-0.05, 0) is 59.8 Å². The van der Waals surface area contributed by atoms with Crippen LogP contribution in [0.5, 0.6) is 5.75 Å². The normalized spacial score (nSPS) is 17.6. The second-order valence-corrected chi connectivity index (χ2v) is 9.38. The molecule has 0 spiro atoms. The van der Waals surface area contributed by atoms with Gasteiger partial charge in [0.1, 0.15) is 17.8 Å². The molecular formula is C25H22F3N5O2S. The molecule has 2 aromatic carbocycles. The number of imidazole rings is 1. The highest BCUT2D eigenvalue weighted by molar-refractivity contribution is 7.98. The van der Waals surface area contributed by atoms with E-state index in [1.54, 1.807) is 17.0 Å². The van der Waals surface area contributed by atoms with Gasteiger partial charge in [-0.25, -0.2) is 22.7 Å². The summed E-state index contributed by atoms with van der Waals surface area (Å²) in [6.45, 7) is 0.132. The summed E-state index contributed by atoms with van der Waals surface area (Å²) in [6, 6.07) is 11.5. The minimum atomic E-state index is -1.12. The minimum Gasteiger partial charge on any atom is -0.505 e. The van der Waals surface area contributed by atoms with Crippen molar-refractivity contribution in [3.8, 4) is 5.75 Å². The van der Waals surface area contributed by atoms with Gasteiger partial charge in [0.2, 0.25) is 0 Å². The third kappa shape index (κ3) is 4.70. The van der Waals surface area contributed by atoms with Crippen molar-refractivity contribution < 1.29 is 23.1 Å². The van der Waals surface area contributed by atoms with Crippen LogP contribution in [0.4, 0.5) is 19.0 Å². The van der Waals surface area contributed by atoms with Gasteiger partial charge in [0.25, 0.3) is 5.91 Å². The number of thioether (sulfide) groups is 1. The molecule has 0 saturated carbocycles. The Bertz CT molecular complexity index is 1450. The van der Waals surface area contributed by atoms with Crippen molar-refractivity contribution in [2.75, 3.05) is 17.7 Å². The summed E-state index contributed by atoms with van der Waals surface area (Å²) in [5.41, 5.74) is 1.75. The van der Waals surface area contributed by atoms with Crippen molar-refractivity contribution in [1.82, 2.24) is 19.9 Å². The average Bonchev–Trinajstić information content (AvgIpc) is 3.47. The first-order chi connectivity index (χ1) is 17.3. The Morgan fingerprint density at radius 2 is 2.03 bits per heavy atom. The Kier molecular flexibility index (Phi) is 6.48. The van der Waals surface area contributed by atoms with E-state index in [0.717, 1.165) is 11.0 Å². The fraction of sp³-hybridized carbons (Fsp3) is 0.240. The second kappa shape index (κ2) is 9.73. The Hall–Kier alpha value is -3.73. The summed E-state index contributed by atoms with van der Waals surface area (Å²) in [4.78, 5) is 19.6. The molecule has 2 atom stereocenters. The van der Waals surface area contributed by atoms with Gasteiger partial charge in [-0.3, -0.25) is 4.79 Å². The summed E-state index contributed by atoms with van der Waals surface area (Å²) < 4.78 is 43.4. The second-order valence-electron chi connectivity index (χ2n) is 8.50. The fourth-order valence-corrected chi connectivity index (χ4v) is 4.85. The maximum atomic E-state index is 14.6. The van der Waals surface area contributed by atoms with E-state index >= 15 is 0 Å². The molecule has 1 saturated heterocycles. The largest absolute Gasteiger partial charge is 0.505 e. The lowest BCUT2D eigenvalue weighted by Gasteiger charge is -2.26. The number of phenols is 1. The number of rotatable bonds is 6. The zero-order valence-corrected chi connectivity index (χ0v) is 20.0. The monoisotopic (exact) mass is 513 g/mol. The lowest BCUT2D eigenvalue weighted by atomic mass is 10.0. The number of aromatic hydroxyl groups is 1. The molecule has 5 rings (SSSR count). The highest BCUT2D eigenvalue weighted by atomic mass is 32.2. The van der Waals surface area contributed by atoms with Crippen molar-refractivity contribution >= 4 is 29.1 Å². The van der Waals surface area contributed by atoms with Crippen molar-refractivity contribution in [1.29, 1.82) is 0 Å². The standard InChI is InChI=1S/C25H22F3N5O2S/c1-36-18-8-15(7-16(26)9-18)20-10-17(27)13-32(20)24-5-4-23-29-12-21(33(23)31-24)25(35)30-11-14-2-3-19(28)22(34)6-14/h2-9,12,17,20,34H,10-11,13H2,1H3,(H,30,35). The molecule has 4 aromatic rings. The van der Waals surface area contributed by atoms with Crippen LogP contribution in [0.2, 0.25) is 0 Å². The Morgan fingerprint density at radius 3 is 2.81 bits per heavy atom. The van der Waals surface area contributed by atoms with Gasteiger partial charge in [0, 0.05) is 17.9 Å². The van der Waals surface area contributed by atoms with Crippen LogP contribution in [0.1, 0.15) is 34.1 Å². The van der Waals surface area contributed by atoms with E-state index in [4.69, 9.17) is 0 Å². The predicted molar refractivity (Wildman–Crippen MR) is 130 cm³/mol. The van der Waals surface area contributed by atoms with Crippen LogP contribution >= 0.6 is 11.8 Å². The Labute approximate surface area is 209 Å². The number of benzene rings is 2. The molecule has 7 nitrogen and oxygen atoms in total. The van der Waals surface area contributed by atoms with Crippen LogP contribution in [0.15, 0.2) is 59.6 Å². The zero-order valence-electron chi connectivity index (χ0n) is 19.2. The van der Waals surface area contributed by atoms with Crippen LogP contribution in [-0.4, -0.2) is 44.6 Å². The number of anilines is 1. The van der Waals surface area contributed by atoms with Crippen LogP contribution in [0.25, 0.3) is 5.65 Å². The summed E-state index contributed by atoms with van der Waals surface area (Å²) in [6.07, 6.45) is 2.30. The van der Waals surface area contributed by atoms with E-state index < -0.39 is 29.7 Å². The third-order valence-corrected chi connectivity index (χ3v) is 6.81. The van der Waals surface area contributed by atoms with Gasteiger partial charge in [-0.1, -0.05) is 6.07 Å². The quantitative estimate of drug-likeness (QED) is 0.365. The molecule has 1 amide bonds. The Morgan fingerprint density at radius 1 is 1.19 bits per heavy atom. The molecule has 2 unspecified atom stereocenters. The first-order valence-corrected chi connectivity index (χ1v) is 12.4. The number of carbonyl (C=O) groups excluding carboxylic acids is 1. The average molecular weight is 514 g/mol. The number of nitrogens with zero attached hydrogens (tertiary/aromatic N) is 4. The number of alkyl halides is 1. The van der Waals surface area contributed by atoms with E-state index in [1.165, 1.54) is 46.7 Å². The molecule has 1 fully saturated rings. The smallest absolute Gasteiger partial charge is 0.271 e. The number of carbonyl (C=O) groups is 1. The van der Waals surface area contributed by atoms with Crippen molar-refractivity contribution in [3.05, 3.63) is 83.2 Å². The van der Waals surface area contributed by atoms with E-state index in [0.29, 0.717) is 22.6 Å². The summed E-state index contributed by atoms with van der Waals surface area (Å²) >= 11 is 1.41. The van der Waals surface area contributed by atoms with E-state index in [-0.39, 0.29) is 31.0 Å². The van der Waals surface area contributed by atoms with E-state index in [2.05, 4.69) is 15.4 Å². The fourth-order valence-electron chi connectivity index (χ4n) is 4.36. The zero-order chi connectivity index (χ0) is 25.4. The lowest BCUT2D eigenvalue weighted by Crippen LogP contribution is -2.27. The maximum absolute atomic E-state index is 14.6. The minimum absolute atomic E-state index is 0.0503. The number of halogens is 3. The summed E-state index contributed by atoms with van der Waals surface area (Å²) in [5, 5.41) is 16.8. The molecule has 0 aliphatic carbocycles. The molecule has 3 heterocycles. The SMILES string of the molecule is CSc1cc(F)cc(C2CC(F)CN2c2ccc3ncc(C(=O)NCc4ccc(F)c(O)c4)n3n2)c1. The number of nitrogens with one attached hydrogen (secondary N) is 1. The van der Waals surface area contributed by atoms with E-state index in [9.17, 15) is 23.1 Å². The molecule has 36 heavy (non-hydrogen) atoms. The van der Waals surface area contributed by atoms with Gasteiger partial charge in [-0.2, -0.15) is 0 Å². The lowest BCUT2D eigenvalue weighted by molar-refractivity contribution is 0.0944. The molecule has 1 aliphatic heterocycles. The molecule has 11 heteroatoms. The van der Waals surface area contributed by atoms with Gasteiger partial charge < -0.3 is 15.3 Å². The molecule has 1 aliphatic rings. The number of fused-ring (bicyclic) bond motifs is 1. The van der Waals surface area contributed by atoms with Crippen LogP contribution in [0.3, 0.4) is 0 Å². The van der Waals surface area contributed by atoms with Crippen molar-refractivity contribution in [3.63, 3.8) is 0 Å². The number of hydrogen-bond donors (Lipinski definition) is 2. The van der Waals surface area contributed by atoms with Gasteiger partial charge >= 0.3 is 0 Å². The number of aromatic nitrogens is 3. The molecule has 0 bridgehead atoms. The maximum Gasteiger partial charge on any atom is 0.271 e. The Balaban J connectivity index is 1.42. The highest BCUT2D eigenvalue weighted by Gasteiger charge is 2.35. The number of amides is 1. The van der Waals surface area contributed by atoms with Crippen molar-refractivity contribution in [2.24, 2.45) is 0 Å².